The number of nitrogens with zero attached hydrogens (tertiary/aromatic N) is 2. The van der Waals surface area contributed by atoms with Gasteiger partial charge in [0, 0.05) is 43.3 Å². The number of amides is 1. The van der Waals surface area contributed by atoms with Crippen LogP contribution in [0.25, 0.3) is 0 Å². The maximum atomic E-state index is 13.9. The lowest BCUT2D eigenvalue weighted by Crippen LogP contribution is -2.48. The smallest absolute Gasteiger partial charge is 0.227 e. The Hall–Kier alpha value is -2.31. The highest BCUT2D eigenvalue weighted by Gasteiger charge is 2.22. The average Bonchev–Trinajstić information content (AvgIpc) is 2.62. The van der Waals surface area contributed by atoms with Crippen molar-refractivity contribution in [2.75, 3.05) is 26.2 Å². The predicted molar refractivity (Wildman–Crippen MR) is 96.7 cm³/mol. The number of benzene rings is 2. The Morgan fingerprint density at radius 1 is 1.08 bits per heavy atom. The van der Waals surface area contributed by atoms with Gasteiger partial charge in [0.05, 0.1) is 6.42 Å². The van der Waals surface area contributed by atoms with Crippen LogP contribution in [0.5, 0.6) is 11.5 Å². The molecule has 1 heterocycles. The van der Waals surface area contributed by atoms with Gasteiger partial charge in [0.15, 0.2) is 11.5 Å². The first-order valence-electron chi connectivity index (χ1n) is 8.38. The number of halogens is 2. The van der Waals surface area contributed by atoms with Crippen molar-refractivity contribution in [3.8, 4) is 11.5 Å². The Balaban J connectivity index is 1.54. The van der Waals surface area contributed by atoms with Crippen molar-refractivity contribution in [3.05, 3.63) is 58.4 Å². The Morgan fingerprint density at radius 2 is 1.81 bits per heavy atom. The van der Waals surface area contributed by atoms with E-state index in [4.69, 9.17) is 11.6 Å². The van der Waals surface area contributed by atoms with E-state index in [2.05, 4.69) is 4.90 Å². The lowest BCUT2D eigenvalue weighted by Gasteiger charge is -2.35. The Bertz CT molecular complexity index is 787. The first-order valence-corrected chi connectivity index (χ1v) is 8.75. The molecule has 26 heavy (non-hydrogen) atoms. The zero-order valence-corrected chi connectivity index (χ0v) is 14.9. The molecule has 1 saturated heterocycles. The summed E-state index contributed by atoms with van der Waals surface area (Å²) in [5.74, 6) is -0.801. The van der Waals surface area contributed by atoms with Crippen molar-refractivity contribution in [1.82, 2.24) is 9.80 Å². The van der Waals surface area contributed by atoms with Gasteiger partial charge >= 0.3 is 0 Å². The fraction of sp³-hybridized carbons (Fsp3) is 0.316. The topological polar surface area (TPSA) is 64.0 Å². The second-order valence-electron chi connectivity index (χ2n) is 6.36. The highest BCUT2D eigenvalue weighted by molar-refractivity contribution is 6.31. The third kappa shape index (κ3) is 4.26. The molecular formula is C19H20ClFN2O3. The quantitative estimate of drug-likeness (QED) is 0.803. The van der Waals surface area contributed by atoms with Gasteiger partial charge < -0.3 is 15.1 Å². The summed E-state index contributed by atoms with van der Waals surface area (Å²) in [6.07, 6.45) is 0.160. The normalized spacial score (nSPS) is 15.2. The van der Waals surface area contributed by atoms with Gasteiger partial charge in [-0.2, -0.15) is 0 Å². The molecule has 0 radical (unpaired) electrons. The molecule has 2 N–H and O–H groups in total. The molecule has 0 bridgehead atoms. The summed E-state index contributed by atoms with van der Waals surface area (Å²) >= 11 is 6.07. The molecule has 1 aliphatic heterocycles. The summed E-state index contributed by atoms with van der Waals surface area (Å²) in [6.45, 7) is 2.79. The fourth-order valence-electron chi connectivity index (χ4n) is 3.03. The van der Waals surface area contributed by atoms with Gasteiger partial charge in [-0.15, -0.1) is 0 Å². The monoisotopic (exact) mass is 378 g/mol. The number of hydrogen-bond acceptors (Lipinski definition) is 4. The summed E-state index contributed by atoms with van der Waals surface area (Å²) in [5.41, 5.74) is 1.12. The van der Waals surface area contributed by atoms with E-state index >= 15 is 0 Å². The largest absolute Gasteiger partial charge is 0.504 e. The standard InChI is InChI=1S/C19H20ClFN2O3/c20-15-2-1-3-16(21)14(15)12-22-6-8-23(9-7-22)19(26)11-13-4-5-17(24)18(25)10-13/h1-5,10,24-25H,6-9,11-12H2. The molecule has 1 amide bonds. The van der Waals surface area contributed by atoms with Gasteiger partial charge in [0.25, 0.3) is 0 Å². The molecule has 2 aromatic rings. The summed E-state index contributed by atoms with van der Waals surface area (Å²) in [6, 6.07) is 9.03. The summed E-state index contributed by atoms with van der Waals surface area (Å²) in [7, 11) is 0. The number of phenolic OH excluding ortho intramolecular Hbond substituents is 2. The number of carbonyl (C=O) groups excluding carboxylic acids is 1. The van der Waals surface area contributed by atoms with Gasteiger partial charge in [-0.1, -0.05) is 23.7 Å². The van der Waals surface area contributed by atoms with Crippen LogP contribution in [0.3, 0.4) is 0 Å². The number of rotatable bonds is 4. The first-order chi connectivity index (χ1) is 12.4. The van der Waals surface area contributed by atoms with Crippen molar-refractivity contribution in [2.45, 2.75) is 13.0 Å². The van der Waals surface area contributed by atoms with Crippen LogP contribution in [-0.4, -0.2) is 52.1 Å². The van der Waals surface area contributed by atoms with E-state index in [1.165, 1.54) is 18.2 Å². The Morgan fingerprint density at radius 3 is 2.46 bits per heavy atom. The van der Waals surface area contributed by atoms with E-state index < -0.39 is 0 Å². The minimum absolute atomic E-state index is 0.0429. The third-order valence-corrected chi connectivity index (χ3v) is 4.92. The van der Waals surface area contributed by atoms with Crippen LogP contribution in [0, 0.1) is 5.82 Å². The van der Waals surface area contributed by atoms with Crippen molar-refractivity contribution in [3.63, 3.8) is 0 Å². The first kappa shape index (κ1) is 18.5. The van der Waals surface area contributed by atoms with E-state index in [1.54, 1.807) is 23.1 Å². The number of hydrogen-bond donors (Lipinski definition) is 2. The molecule has 3 rings (SSSR count). The van der Waals surface area contributed by atoms with Crippen LogP contribution >= 0.6 is 11.6 Å². The van der Waals surface area contributed by atoms with Crippen LogP contribution < -0.4 is 0 Å². The summed E-state index contributed by atoms with van der Waals surface area (Å²) in [4.78, 5) is 16.2. The number of piperazine rings is 1. The number of aromatic hydroxyl groups is 2. The van der Waals surface area contributed by atoms with Gasteiger partial charge in [0.1, 0.15) is 5.82 Å². The molecule has 5 nitrogen and oxygen atoms in total. The number of carbonyl (C=O) groups is 1. The molecule has 2 aromatic carbocycles. The summed E-state index contributed by atoms with van der Waals surface area (Å²) in [5, 5.41) is 19.3. The molecule has 1 fully saturated rings. The molecule has 0 aromatic heterocycles. The SMILES string of the molecule is O=C(Cc1ccc(O)c(O)c1)N1CCN(Cc2c(F)cccc2Cl)CC1. The minimum Gasteiger partial charge on any atom is -0.504 e. The third-order valence-electron chi connectivity index (χ3n) is 4.56. The molecular weight excluding hydrogens is 359 g/mol. The minimum atomic E-state index is -0.317. The molecule has 0 aliphatic carbocycles. The van der Waals surface area contributed by atoms with Crippen molar-refractivity contribution in [1.29, 1.82) is 0 Å². The van der Waals surface area contributed by atoms with Crippen molar-refractivity contribution >= 4 is 17.5 Å². The lowest BCUT2D eigenvalue weighted by molar-refractivity contribution is -0.132. The van der Waals surface area contributed by atoms with Crippen LogP contribution in [-0.2, 0) is 17.8 Å². The molecule has 0 spiro atoms. The van der Waals surface area contributed by atoms with Gasteiger partial charge in [-0.25, -0.2) is 4.39 Å². The second kappa shape index (κ2) is 7.93. The summed E-state index contributed by atoms with van der Waals surface area (Å²) < 4.78 is 13.9. The van der Waals surface area contributed by atoms with Gasteiger partial charge in [-0.05, 0) is 29.8 Å². The van der Waals surface area contributed by atoms with E-state index in [9.17, 15) is 19.4 Å². The van der Waals surface area contributed by atoms with Crippen LogP contribution in [0.4, 0.5) is 4.39 Å². The predicted octanol–water partition coefficient (Wildman–Crippen LogP) is 2.78. The molecule has 1 aliphatic rings. The highest BCUT2D eigenvalue weighted by Crippen LogP contribution is 2.25. The fourth-order valence-corrected chi connectivity index (χ4v) is 3.25. The number of phenols is 2. The zero-order valence-electron chi connectivity index (χ0n) is 14.2. The molecule has 0 atom stereocenters. The van der Waals surface area contributed by atoms with Gasteiger partial charge in [0.2, 0.25) is 5.91 Å². The second-order valence-corrected chi connectivity index (χ2v) is 6.76. The molecule has 0 unspecified atom stereocenters. The zero-order chi connectivity index (χ0) is 18.7. The maximum Gasteiger partial charge on any atom is 0.227 e. The van der Waals surface area contributed by atoms with E-state index in [0.29, 0.717) is 48.9 Å². The lowest BCUT2D eigenvalue weighted by atomic mass is 10.1. The van der Waals surface area contributed by atoms with Gasteiger partial charge in [-0.3, -0.25) is 9.69 Å². The van der Waals surface area contributed by atoms with E-state index in [0.717, 1.165) is 0 Å². The Labute approximate surface area is 156 Å². The van der Waals surface area contributed by atoms with Crippen molar-refractivity contribution in [2.24, 2.45) is 0 Å². The van der Waals surface area contributed by atoms with Crippen LogP contribution in [0.15, 0.2) is 36.4 Å². The van der Waals surface area contributed by atoms with E-state index in [-0.39, 0.29) is 29.6 Å². The maximum absolute atomic E-state index is 13.9. The Kier molecular flexibility index (Phi) is 5.64. The van der Waals surface area contributed by atoms with E-state index in [1.807, 2.05) is 0 Å². The molecule has 138 valence electrons. The highest BCUT2D eigenvalue weighted by atomic mass is 35.5. The molecule has 7 heteroatoms. The van der Waals surface area contributed by atoms with Crippen LogP contribution in [0.1, 0.15) is 11.1 Å². The van der Waals surface area contributed by atoms with Crippen molar-refractivity contribution < 1.29 is 19.4 Å². The average molecular weight is 379 g/mol. The van der Waals surface area contributed by atoms with Crippen LogP contribution in [0.2, 0.25) is 5.02 Å². The molecule has 0 saturated carbocycles.